The molecule has 1 unspecified atom stereocenters. The topological polar surface area (TPSA) is 51.9 Å². The number of hydrogen-bond donors (Lipinski definition) is 0. The molecular weight excluding hydrogens is 306 g/mol. The molecule has 130 valence electrons. The number of benzene rings is 1. The normalized spacial score (nSPS) is 19.5. The van der Waals surface area contributed by atoms with Crippen LogP contribution in [-0.4, -0.2) is 49.8 Å². The van der Waals surface area contributed by atoms with Crippen LogP contribution in [0.1, 0.15) is 19.4 Å². The van der Waals surface area contributed by atoms with E-state index in [1.807, 2.05) is 36.9 Å². The van der Waals surface area contributed by atoms with Crippen molar-refractivity contribution in [2.45, 2.75) is 25.9 Å². The van der Waals surface area contributed by atoms with Gasteiger partial charge in [0, 0.05) is 31.5 Å². The second-order valence-corrected chi connectivity index (χ2v) is 6.86. The molecule has 1 aliphatic rings. The molecule has 0 spiro atoms. The lowest BCUT2D eigenvalue weighted by molar-refractivity contribution is -0.151. The molecule has 0 radical (unpaired) electrons. The highest BCUT2D eigenvalue weighted by Gasteiger charge is 2.34. The van der Waals surface area contributed by atoms with E-state index < -0.39 is 5.60 Å². The van der Waals surface area contributed by atoms with E-state index in [0.717, 1.165) is 17.4 Å². The standard InChI is InChI=1S/C19H25NO4/c1-19(2,22-3)18(21)20-8-10-23-13-14(12-20)11-15-5-4-6-17-16(15)7-9-24-17/h4-7,9,14H,8,10-13H2,1-3H3. The Morgan fingerprint density at radius 3 is 3.00 bits per heavy atom. The fraction of sp³-hybridized carbons (Fsp3) is 0.526. The number of rotatable bonds is 4. The summed E-state index contributed by atoms with van der Waals surface area (Å²) >= 11 is 0. The van der Waals surface area contributed by atoms with E-state index in [9.17, 15) is 4.79 Å². The smallest absolute Gasteiger partial charge is 0.254 e. The van der Waals surface area contributed by atoms with Crippen LogP contribution in [0, 0.1) is 5.92 Å². The zero-order valence-electron chi connectivity index (χ0n) is 14.6. The molecule has 1 amide bonds. The first-order chi connectivity index (χ1) is 11.5. The molecule has 1 aliphatic heterocycles. The van der Waals surface area contributed by atoms with Crippen molar-refractivity contribution < 1.29 is 18.7 Å². The summed E-state index contributed by atoms with van der Waals surface area (Å²) in [5, 5.41) is 1.14. The van der Waals surface area contributed by atoms with Gasteiger partial charge >= 0.3 is 0 Å². The Bertz CT molecular complexity index is 706. The van der Waals surface area contributed by atoms with Crippen LogP contribution in [0.5, 0.6) is 0 Å². The number of ether oxygens (including phenoxy) is 2. The SMILES string of the molecule is COC(C)(C)C(=O)N1CCOCC(Cc2cccc3occc23)C1. The van der Waals surface area contributed by atoms with Crippen LogP contribution in [0.4, 0.5) is 0 Å². The van der Waals surface area contributed by atoms with Crippen molar-refractivity contribution in [3.05, 3.63) is 36.1 Å². The summed E-state index contributed by atoms with van der Waals surface area (Å²) in [6, 6.07) is 8.10. The Balaban J connectivity index is 1.76. The molecule has 1 fully saturated rings. The zero-order chi connectivity index (χ0) is 17.2. The first kappa shape index (κ1) is 17.0. The van der Waals surface area contributed by atoms with Crippen LogP contribution in [0.25, 0.3) is 11.0 Å². The summed E-state index contributed by atoms with van der Waals surface area (Å²) in [4.78, 5) is 14.6. The quantitative estimate of drug-likeness (QED) is 0.864. The van der Waals surface area contributed by atoms with E-state index in [-0.39, 0.29) is 11.8 Å². The number of fused-ring (bicyclic) bond motifs is 1. The second-order valence-electron chi connectivity index (χ2n) is 6.86. The Morgan fingerprint density at radius 1 is 1.38 bits per heavy atom. The highest BCUT2D eigenvalue weighted by molar-refractivity contribution is 5.84. The first-order valence-corrected chi connectivity index (χ1v) is 8.38. The maximum Gasteiger partial charge on any atom is 0.254 e. The van der Waals surface area contributed by atoms with E-state index in [1.54, 1.807) is 13.4 Å². The van der Waals surface area contributed by atoms with Crippen LogP contribution in [0.3, 0.4) is 0 Å². The number of methoxy groups -OCH3 is 1. The summed E-state index contributed by atoms with van der Waals surface area (Å²) in [6.07, 6.45) is 2.57. The molecule has 0 N–H and O–H groups in total. The Kier molecular flexibility index (Phi) is 4.92. The van der Waals surface area contributed by atoms with Crippen molar-refractivity contribution in [2.75, 3.05) is 33.4 Å². The highest BCUT2D eigenvalue weighted by Crippen LogP contribution is 2.24. The minimum atomic E-state index is -0.806. The van der Waals surface area contributed by atoms with Gasteiger partial charge < -0.3 is 18.8 Å². The predicted molar refractivity (Wildman–Crippen MR) is 91.9 cm³/mol. The molecule has 24 heavy (non-hydrogen) atoms. The van der Waals surface area contributed by atoms with Gasteiger partial charge in [-0.15, -0.1) is 0 Å². The molecule has 1 aromatic heterocycles. The number of amides is 1. The van der Waals surface area contributed by atoms with Crippen molar-refractivity contribution in [1.29, 1.82) is 0 Å². The minimum Gasteiger partial charge on any atom is -0.464 e. The molecule has 1 saturated heterocycles. The summed E-state index contributed by atoms with van der Waals surface area (Å²) in [5.41, 5.74) is 1.32. The molecule has 2 heterocycles. The van der Waals surface area contributed by atoms with E-state index in [2.05, 4.69) is 6.07 Å². The van der Waals surface area contributed by atoms with Crippen molar-refractivity contribution >= 4 is 16.9 Å². The molecule has 5 heteroatoms. The monoisotopic (exact) mass is 331 g/mol. The number of carbonyl (C=O) groups is 1. The van der Waals surface area contributed by atoms with E-state index in [4.69, 9.17) is 13.9 Å². The summed E-state index contributed by atoms with van der Waals surface area (Å²) < 4.78 is 16.6. The van der Waals surface area contributed by atoms with Crippen LogP contribution < -0.4 is 0 Å². The number of nitrogens with zero attached hydrogens (tertiary/aromatic N) is 1. The van der Waals surface area contributed by atoms with Crippen LogP contribution in [0.2, 0.25) is 0 Å². The minimum absolute atomic E-state index is 0.0158. The van der Waals surface area contributed by atoms with Gasteiger partial charge in [-0.2, -0.15) is 0 Å². The number of carbonyl (C=O) groups excluding carboxylic acids is 1. The first-order valence-electron chi connectivity index (χ1n) is 8.38. The molecular formula is C19H25NO4. The van der Waals surface area contributed by atoms with Crippen LogP contribution in [-0.2, 0) is 20.7 Å². The lowest BCUT2D eigenvalue weighted by Gasteiger charge is -2.31. The third-order valence-electron chi connectivity index (χ3n) is 4.74. The zero-order valence-corrected chi connectivity index (χ0v) is 14.6. The number of hydrogen-bond acceptors (Lipinski definition) is 4. The van der Waals surface area contributed by atoms with Gasteiger partial charge in [0.25, 0.3) is 5.91 Å². The third kappa shape index (κ3) is 3.47. The molecule has 5 nitrogen and oxygen atoms in total. The second kappa shape index (κ2) is 6.95. The van der Waals surface area contributed by atoms with Crippen LogP contribution in [0.15, 0.2) is 34.9 Å². The Morgan fingerprint density at radius 2 is 2.21 bits per heavy atom. The van der Waals surface area contributed by atoms with Gasteiger partial charge in [0.2, 0.25) is 0 Å². The summed E-state index contributed by atoms with van der Waals surface area (Å²) in [6.45, 7) is 6.13. The van der Waals surface area contributed by atoms with E-state index in [1.165, 1.54) is 5.56 Å². The van der Waals surface area contributed by atoms with Gasteiger partial charge in [-0.25, -0.2) is 0 Å². The molecule has 0 bridgehead atoms. The molecule has 1 atom stereocenters. The van der Waals surface area contributed by atoms with Gasteiger partial charge in [0.05, 0.1) is 19.5 Å². The maximum absolute atomic E-state index is 12.7. The average molecular weight is 331 g/mol. The van der Waals surface area contributed by atoms with Gasteiger partial charge in [-0.1, -0.05) is 12.1 Å². The average Bonchev–Trinajstić information content (AvgIpc) is 2.95. The molecule has 3 rings (SSSR count). The molecule has 1 aromatic carbocycles. The van der Waals surface area contributed by atoms with Crippen molar-refractivity contribution in [2.24, 2.45) is 5.92 Å². The Hall–Kier alpha value is -1.85. The maximum atomic E-state index is 12.7. The molecule has 2 aromatic rings. The summed E-state index contributed by atoms with van der Waals surface area (Å²) in [7, 11) is 1.57. The van der Waals surface area contributed by atoms with E-state index >= 15 is 0 Å². The summed E-state index contributed by atoms with van der Waals surface area (Å²) in [5.74, 6) is 0.270. The van der Waals surface area contributed by atoms with Crippen molar-refractivity contribution in [3.8, 4) is 0 Å². The third-order valence-corrected chi connectivity index (χ3v) is 4.74. The largest absolute Gasteiger partial charge is 0.464 e. The van der Waals surface area contributed by atoms with Crippen LogP contribution >= 0.6 is 0 Å². The fourth-order valence-electron chi connectivity index (χ4n) is 3.20. The lowest BCUT2D eigenvalue weighted by atomic mass is 9.96. The Labute approximate surface area is 142 Å². The lowest BCUT2D eigenvalue weighted by Crippen LogP contribution is -2.48. The van der Waals surface area contributed by atoms with Gasteiger partial charge in [0.1, 0.15) is 11.2 Å². The van der Waals surface area contributed by atoms with Gasteiger partial charge in [0.15, 0.2) is 0 Å². The highest BCUT2D eigenvalue weighted by atomic mass is 16.5. The van der Waals surface area contributed by atoms with E-state index in [0.29, 0.717) is 26.3 Å². The van der Waals surface area contributed by atoms with Crippen molar-refractivity contribution in [3.63, 3.8) is 0 Å². The van der Waals surface area contributed by atoms with Gasteiger partial charge in [-0.3, -0.25) is 4.79 Å². The number of furan rings is 1. The molecule has 0 saturated carbocycles. The van der Waals surface area contributed by atoms with Crippen molar-refractivity contribution in [1.82, 2.24) is 4.90 Å². The van der Waals surface area contributed by atoms with Gasteiger partial charge in [-0.05, 0) is 38.0 Å². The fourth-order valence-corrected chi connectivity index (χ4v) is 3.20. The molecule has 0 aliphatic carbocycles. The predicted octanol–water partition coefficient (Wildman–Crippen LogP) is 2.88.